The van der Waals surface area contributed by atoms with E-state index in [1.54, 1.807) is 0 Å². The number of nitrogens with one attached hydrogen (secondary N) is 2. The molecule has 1 fully saturated rings. The van der Waals surface area contributed by atoms with Crippen molar-refractivity contribution < 1.29 is 17.9 Å². The maximum atomic E-state index is 11.4. The molecule has 0 aliphatic carbocycles. The SMILES string of the molecule is CS(=O)(=O)CCCNC(=O)COC1CCNCC1. The summed E-state index contributed by atoms with van der Waals surface area (Å²) >= 11 is 0. The molecular formula is C11H22N2O4S. The number of piperidine rings is 1. The van der Waals surface area contributed by atoms with Crippen molar-refractivity contribution in [2.45, 2.75) is 25.4 Å². The maximum Gasteiger partial charge on any atom is 0.246 e. The highest BCUT2D eigenvalue weighted by atomic mass is 32.2. The van der Waals surface area contributed by atoms with Gasteiger partial charge in [-0.05, 0) is 32.4 Å². The first-order valence-corrected chi connectivity index (χ1v) is 8.30. The van der Waals surface area contributed by atoms with E-state index in [1.165, 1.54) is 6.26 Å². The minimum absolute atomic E-state index is 0.0591. The fourth-order valence-corrected chi connectivity index (χ4v) is 2.44. The summed E-state index contributed by atoms with van der Waals surface area (Å²) in [5, 5.41) is 5.87. The lowest BCUT2D eigenvalue weighted by Gasteiger charge is -2.22. The van der Waals surface area contributed by atoms with E-state index in [1.807, 2.05) is 0 Å². The molecule has 1 aliphatic heterocycles. The molecule has 6 nitrogen and oxygen atoms in total. The monoisotopic (exact) mass is 278 g/mol. The fourth-order valence-electron chi connectivity index (χ4n) is 1.77. The maximum absolute atomic E-state index is 11.4. The van der Waals surface area contributed by atoms with Crippen molar-refractivity contribution in [2.24, 2.45) is 0 Å². The van der Waals surface area contributed by atoms with Crippen molar-refractivity contribution in [1.29, 1.82) is 0 Å². The Morgan fingerprint density at radius 3 is 2.67 bits per heavy atom. The molecule has 0 spiro atoms. The van der Waals surface area contributed by atoms with Crippen LogP contribution < -0.4 is 10.6 Å². The lowest BCUT2D eigenvalue weighted by molar-refractivity contribution is -0.128. The zero-order chi connectivity index (χ0) is 13.4. The van der Waals surface area contributed by atoms with Gasteiger partial charge >= 0.3 is 0 Å². The van der Waals surface area contributed by atoms with Gasteiger partial charge < -0.3 is 15.4 Å². The topological polar surface area (TPSA) is 84.5 Å². The Kier molecular flexibility index (Phi) is 6.59. The first-order chi connectivity index (χ1) is 8.47. The third kappa shape index (κ3) is 7.62. The van der Waals surface area contributed by atoms with Crippen LogP contribution in [-0.4, -0.2) is 58.7 Å². The van der Waals surface area contributed by atoms with Crippen molar-refractivity contribution in [3.05, 3.63) is 0 Å². The summed E-state index contributed by atoms with van der Waals surface area (Å²) in [7, 11) is -2.94. The summed E-state index contributed by atoms with van der Waals surface area (Å²) in [6, 6.07) is 0. The summed E-state index contributed by atoms with van der Waals surface area (Å²) in [5.74, 6) is -0.0790. The van der Waals surface area contributed by atoms with E-state index in [2.05, 4.69) is 10.6 Å². The number of rotatable bonds is 7. The van der Waals surface area contributed by atoms with Gasteiger partial charge in [-0.2, -0.15) is 0 Å². The van der Waals surface area contributed by atoms with Gasteiger partial charge in [0.1, 0.15) is 16.4 Å². The molecule has 0 unspecified atom stereocenters. The van der Waals surface area contributed by atoms with Crippen molar-refractivity contribution in [1.82, 2.24) is 10.6 Å². The van der Waals surface area contributed by atoms with Crippen LogP contribution in [0.15, 0.2) is 0 Å². The van der Waals surface area contributed by atoms with Gasteiger partial charge in [-0.25, -0.2) is 8.42 Å². The molecule has 0 atom stereocenters. The summed E-state index contributed by atoms with van der Waals surface area (Å²) < 4.78 is 27.2. The number of hydrogen-bond donors (Lipinski definition) is 2. The number of carbonyl (C=O) groups excluding carboxylic acids is 1. The van der Waals surface area contributed by atoms with E-state index in [9.17, 15) is 13.2 Å². The van der Waals surface area contributed by atoms with E-state index in [4.69, 9.17) is 4.74 Å². The van der Waals surface area contributed by atoms with Crippen LogP contribution in [0.1, 0.15) is 19.3 Å². The minimum Gasteiger partial charge on any atom is -0.368 e. The van der Waals surface area contributed by atoms with Crippen LogP contribution in [-0.2, 0) is 19.4 Å². The zero-order valence-corrected chi connectivity index (χ0v) is 11.6. The molecule has 0 aromatic rings. The highest BCUT2D eigenvalue weighted by molar-refractivity contribution is 7.90. The van der Waals surface area contributed by atoms with Gasteiger partial charge in [0.05, 0.1) is 11.9 Å². The standard InChI is InChI=1S/C11H22N2O4S/c1-18(15,16)8-2-5-13-11(14)9-17-10-3-6-12-7-4-10/h10,12H,2-9H2,1H3,(H,13,14). The summed E-state index contributed by atoms with van der Waals surface area (Å²) in [6.07, 6.45) is 3.66. The Bertz CT molecular complexity index is 350. The largest absolute Gasteiger partial charge is 0.368 e. The molecule has 1 aliphatic rings. The molecule has 1 amide bonds. The van der Waals surface area contributed by atoms with Crippen LogP contribution in [0.5, 0.6) is 0 Å². The Morgan fingerprint density at radius 2 is 2.06 bits per heavy atom. The van der Waals surface area contributed by atoms with Gasteiger partial charge in [-0.15, -0.1) is 0 Å². The minimum atomic E-state index is -2.94. The third-order valence-corrected chi connectivity index (χ3v) is 3.78. The quantitative estimate of drug-likeness (QED) is 0.602. The Labute approximate surface area is 108 Å². The molecule has 0 bridgehead atoms. The molecular weight excluding hydrogens is 256 g/mol. The first-order valence-electron chi connectivity index (χ1n) is 6.24. The molecule has 2 N–H and O–H groups in total. The van der Waals surface area contributed by atoms with E-state index < -0.39 is 9.84 Å². The molecule has 0 saturated carbocycles. The molecule has 0 radical (unpaired) electrons. The van der Waals surface area contributed by atoms with E-state index in [-0.39, 0.29) is 24.4 Å². The Hall–Kier alpha value is -0.660. The fraction of sp³-hybridized carbons (Fsp3) is 0.909. The number of amides is 1. The normalized spacial score (nSPS) is 17.6. The number of ether oxygens (including phenoxy) is 1. The predicted octanol–water partition coefficient (Wildman–Crippen LogP) is -0.694. The lowest BCUT2D eigenvalue weighted by atomic mass is 10.1. The van der Waals surface area contributed by atoms with Crippen molar-refractivity contribution in [3.8, 4) is 0 Å². The van der Waals surface area contributed by atoms with Gasteiger partial charge in [0.25, 0.3) is 0 Å². The second-order valence-corrected chi connectivity index (χ2v) is 6.85. The van der Waals surface area contributed by atoms with Crippen LogP contribution in [0, 0.1) is 0 Å². The number of hydrogen-bond acceptors (Lipinski definition) is 5. The lowest BCUT2D eigenvalue weighted by Crippen LogP contribution is -2.36. The molecule has 106 valence electrons. The molecule has 7 heteroatoms. The number of sulfone groups is 1. The number of carbonyl (C=O) groups is 1. The third-order valence-electron chi connectivity index (χ3n) is 2.75. The molecule has 0 aromatic carbocycles. The highest BCUT2D eigenvalue weighted by Crippen LogP contribution is 2.06. The smallest absolute Gasteiger partial charge is 0.246 e. The zero-order valence-electron chi connectivity index (χ0n) is 10.8. The van der Waals surface area contributed by atoms with Crippen LogP contribution in [0.2, 0.25) is 0 Å². The van der Waals surface area contributed by atoms with Crippen LogP contribution in [0.25, 0.3) is 0 Å². The highest BCUT2D eigenvalue weighted by Gasteiger charge is 2.14. The van der Waals surface area contributed by atoms with Gasteiger partial charge in [0.2, 0.25) is 5.91 Å². The van der Waals surface area contributed by atoms with Crippen LogP contribution >= 0.6 is 0 Å². The Balaban J connectivity index is 2.03. The van der Waals surface area contributed by atoms with Crippen molar-refractivity contribution >= 4 is 15.7 Å². The first kappa shape index (κ1) is 15.4. The van der Waals surface area contributed by atoms with Crippen LogP contribution in [0.4, 0.5) is 0 Å². The molecule has 1 saturated heterocycles. The molecule has 0 aromatic heterocycles. The van der Waals surface area contributed by atoms with E-state index in [0.717, 1.165) is 25.9 Å². The second kappa shape index (κ2) is 7.70. The van der Waals surface area contributed by atoms with E-state index in [0.29, 0.717) is 13.0 Å². The van der Waals surface area contributed by atoms with Crippen LogP contribution in [0.3, 0.4) is 0 Å². The average Bonchev–Trinajstić information content (AvgIpc) is 2.32. The summed E-state index contributed by atoms with van der Waals surface area (Å²) in [4.78, 5) is 11.4. The van der Waals surface area contributed by atoms with Crippen molar-refractivity contribution in [2.75, 3.05) is 38.2 Å². The molecule has 1 heterocycles. The van der Waals surface area contributed by atoms with Crippen molar-refractivity contribution in [3.63, 3.8) is 0 Å². The molecule has 18 heavy (non-hydrogen) atoms. The summed E-state index contributed by atoms with van der Waals surface area (Å²) in [5.41, 5.74) is 0. The molecule has 1 rings (SSSR count). The Morgan fingerprint density at radius 1 is 1.39 bits per heavy atom. The second-order valence-electron chi connectivity index (χ2n) is 4.59. The predicted molar refractivity (Wildman–Crippen MR) is 69.2 cm³/mol. The van der Waals surface area contributed by atoms with E-state index >= 15 is 0 Å². The summed E-state index contributed by atoms with van der Waals surface area (Å²) in [6.45, 7) is 2.30. The van der Waals surface area contributed by atoms with Gasteiger partial charge in [0, 0.05) is 12.8 Å². The van der Waals surface area contributed by atoms with Gasteiger partial charge in [-0.1, -0.05) is 0 Å². The van der Waals surface area contributed by atoms with Gasteiger partial charge in [-0.3, -0.25) is 4.79 Å². The average molecular weight is 278 g/mol. The van der Waals surface area contributed by atoms with Gasteiger partial charge in [0.15, 0.2) is 0 Å².